The van der Waals surface area contributed by atoms with E-state index in [0.717, 1.165) is 17.0 Å². The number of nitrogens with one attached hydrogen (secondary N) is 1. The summed E-state index contributed by atoms with van der Waals surface area (Å²) < 4.78 is 1.64. The summed E-state index contributed by atoms with van der Waals surface area (Å²) in [7, 11) is 1.80. The van der Waals surface area contributed by atoms with Gasteiger partial charge in [0.15, 0.2) is 0 Å². The van der Waals surface area contributed by atoms with Gasteiger partial charge < -0.3 is 5.32 Å². The summed E-state index contributed by atoms with van der Waals surface area (Å²) in [6.07, 6.45) is 0.987. The number of aryl methyl sites for hydroxylation is 1. The van der Waals surface area contributed by atoms with Gasteiger partial charge in [0.2, 0.25) is 0 Å². The van der Waals surface area contributed by atoms with Crippen molar-refractivity contribution < 1.29 is 4.79 Å². The Hall–Kier alpha value is -1.62. The predicted octanol–water partition coefficient (Wildman–Crippen LogP) is 2.92. The van der Waals surface area contributed by atoms with Crippen LogP contribution in [0.2, 0.25) is 0 Å². The molecule has 0 saturated heterocycles. The number of thiophene rings is 1. The summed E-state index contributed by atoms with van der Waals surface area (Å²) in [5.74, 6) is 0.534. The maximum atomic E-state index is 12.1. The molecule has 1 amide bonds. The van der Waals surface area contributed by atoms with Crippen LogP contribution in [-0.4, -0.2) is 22.2 Å². The number of carbonyl (C=O) groups is 1. The van der Waals surface area contributed by atoms with Gasteiger partial charge in [0.1, 0.15) is 11.4 Å². The highest BCUT2D eigenvalue weighted by molar-refractivity contribution is 7.13. The van der Waals surface area contributed by atoms with Crippen LogP contribution in [0.15, 0.2) is 23.6 Å². The van der Waals surface area contributed by atoms with Crippen LogP contribution in [0, 0.1) is 5.92 Å². The van der Waals surface area contributed by atoms with E-state index < -0.39 is 0 Å². The molecule has 4 nitrogen and oxygen atoms in total. The van der Waals surface area contributed by atoms with Crippen molar-refractivity contribution in [2.24, 2.45) is 13.0 Å². The smallest absolute Gasteiger partial charge is 0.269 e. The summed E-state index contributed by atoms with van der Waals surface area (Å²) in [5.41, 5.74) is 1.46. The second-order valence-electron chi connectivity index (χ2n) is 4.95. The number of aromatic nitrogens is 2. The fourth-order valence-corrected chi connectivity index (χ4v) is 2.47. The number of nitrogens with zero attached hydrogens (tertiary/aromatic N) is 2. The molecule has 5 heteroatoms. The maximum Gasteiger partial charge on any atom is 0.269 e. The standard InChI is InChI=1S/C14H19N3OS/c1-10(2)6-7-15-14(18)12-9-11(16-17(12)3)13-5-4-8-19-13/h4-5,8-10H,6-7H2,1-3H3,(H,15,18). The Labute approximate surface area is 117 Å². The van der Waals surface area contributed by atoms with E-state index in [9.17, 15) is 4.79 Å². The van der Waals surface area contributed by atoms with Gasteiger partial charge in [0, 0.05) is 13.6 Å². The lowest BCUT2D eigenvalue weighted by molar-refractivity contribution is 0.0942. The van der Waals surface area contributed by atoms with Gasteiger partial charge in [-0.15, -0.1) is 11.3 Å². The molecule has 0 aliphatic rings. The van der Waals surface area contributed by atoms with Crippen molar-refractivity contribution in [2.45, 2.75) is 20.3 Å². The third-order valence-corrected chi connectivity index (χ3v) is 3.79. The molecule has 0 atom stereocenters. The van der Waals surface area contributed by atoms with Gasteiger partial charge in [-0.05, 0) is 29.9 Å². The molecule has 0 saturated carbocycles. The Morgan fingerprint density at radius 2 is 2.32 bits per heavy atom. The molecule has 1 N–H and O–H groups in total. The van der Waals surface area contributed by atoms with Crippen molar-refractivity contribution >= 4 is 17.2 Å². The molecule has 19 heavy (non-hydrogen) atoms. The lowest BCUT2D eigenvalue weighted by atomic mass is 10.1. The molecule has 0 fully saturated rings. The van der Waals surface area contributed by atoms with Crippen LogP contribution in [-0.2, 0) is 7.05 Å². The zero-order chi connectivity index (χ0) is 13.8. The summed E-state index contributed by atoms with van der Waals surface area (Å²) in [4.78, 5) is 13.1. The SMILES string of the molecule is CC(C)CCNC(=O)c1cc(-c2cccs2)nn1C. The highest BCUT2D eigenvalue weighted by Gasteiger charge is 2.14. The second kappa shape index (κ2) is 6.02. The van der Waals surface area contributed by atoms with Crippen LogP contribution < -0.4 is 5.32 Å². The lowest BCUT2D eigenvalue weighted by Crippen LogP contribution is -2.27. The summed E-state index contributed by atoms with van der Waals surface area (Å²) in [6, 6.07) is 5.83. The topological polar surface area (TPSA) is 46.9 Å². The van der Waals surface area contributed by atoms with Gasteiger partial charge >= 0.3 is 0 Å². The third-order valence-electron chi connectivity index (χ3n) is 2.89. The van der Waals surface area contributed by atoms with Gasteiger partial charge in [0.25, 0.3) is 5.91 Å². The first kappa shape index (κ1) is 13.8. The van der Waals surface area contributed by atoms with E-state index in [1.54, 1.807) is 23.1 Å². The molecule has 0 radical (unpaired) electrons. The minimum absolute atomic E-state index is 0.0570. The predicted molar refractivity (Wildman–Crippen MR) is 78.3 cm³/mol. The molecular weight excluding hydrogens is 258 g/mol. The Morgan fingerprint density at radius 1 is 1.53 bits per heavy atom. The van der Waals surface area contributed by atoms with Crippen molar-refractivity contribution in [3.8, 4) is 10.6 Å². The largest absolute Gasteiger partial charge is 0.351 e. The lowest BCUT2D eigenvalue weighted by Gasteiger charge is -2.06. The number of rotatable bonds is 5. The molecule has 2 rings (SSSR count). The van der Waals surface area contributed by atoms with E-state index in [1.165, 1.54) is 0 Å². The molecule has 2 aromatic heterocycles. The van der Waals surface area contributed by atoms with E-state index in [-0.39, 0.29) is 5.91 Å². The third kappa shape index (κ3) is 3.44. The van der Waals surface area contributed by atoms with Gasteiger partial charge in [-0.1, -0.05) is 19.9 Å². The van der Waals surface area contributed by atoms with Gasteiger partial charge in [0.05, 0.1) is 4.88 Å². The molecule has 0 spiro atoms. The van der Waals surface area contributed by atoms with Crippen LogP contribution in [0.5, 0.6) is 0 Å². The molecule has 0 unspecified atom stereocenters. The zero-order valence-electron chi connectivity index (χ0n) is 11.5. The van der Waals surface area contributed by atoms with Crippen LogP contribution >= 0.6 is 11.3 Å². The second-order valence-corrected chi connectivity index (χ2v) is 5.90. The quantitative estimate of drug-likeness (QED) is 0.913. The van der Waals surface area contributed by atoms with Gasteiger partial charge in [-0.2, -0.15) is 5.10 Å². The first-order valence-electron chi connectivity index (χ1n) is 6.44. The monoisotopic (exact) mass is 277 g/mol. The molecular formula is C14H19N3OS. The van der Waals surface area contributed by atoms with Crippen molar-refractivity contribution in [3.05, 3.63) is 29.3 Å². The molecule has 2 aromatic rings. The van der Waals surface area contributed by atoms with Crippen molar-refractivity contribution in [1.29, 1.82) is 0 Å². The average Bonchev–Trinajstić information content (AvgIpc) is 2.96. The molecule has 0 aromatic carbocycles. The first-order valence-corrected chi connectivity index (χ1v) is 7.32. The van der Waals surface area contributed by atoms with E-state index in [2.05, 4.69) is 24.3 Å². The molecule has 0 aliphatic carbocycles. The fourth-order valence-electron chi connectivity index (χ4n) is 1.79. The van der Waals surface area contributed by atoms with Crippen LogP contribution in [0.1, 0.15) is 30.8 Å². The minimum atomic E-state index is -0.0570. The highest BCUT2D eigenvalue weighted by atomic mass is 32.1. The Kier molecular flexibility index (Phi) is 4.37. The van der Waals surface area contributed by atoms with Crippen molar-refractivity contribution in [2.75, 3.05) is 6.54 Å². The average molecular weight is 277 g/mol. The van der Waals surface area contributed by atoms with Gasteiger partial charge in [-0.3, -0.25) is 9.48 Å². The number of hydrogen-bond acceptors (Lipinski definition) is 3. The number of carbonyl (C=O) groups excluding carboxylic acids is 1. The Morgan fingerprint density at radius 3 is 2.95 bits per heavy atom. The highest BCUT2D eigenvalue weighted by Crippen LogP contribution is 2.23. The Bertz CT molecular complexity index is 543. The van der Waals surface area contributed by atoms with E-state index in [1.807, 2.05) is 23.6 Å². The maximum absolute atomic E-state index is 12.1. The normalized spacial score (nSPS) is 10.9. The van der Waals surface area contributed by atoms with E-state index >= 15 is 0 Å². The molecule has 0 bridgehead atoms. The van der Waals surface area contributed by atoms with Crippen molar-refractivity contribution in [3.63, 3.8) is 0 Å². The summed E-state index contributed by atoms with van der Waals surface area (Å²) in [6.45, 7) is 4.99. The van der Waals surface area contributed by atoms with E-state index in [0.29, 0.717) is 18.2 Å². The summed E-state index contributed by atoms with van der Waals surface area (Å²) >= 11 is 1.62. The molecule has 2 heterocycles. The summed E-state index contributed by atoms with van der Waals surface area (Å²) in [5, 5.41) is 9.32. The first-order chi connectivity index (χ1) is 9.08. The Balaban J connectivity index is 2.06. The zero-order valence-corrected chi connectivity index (χ0v) is 12.3. The fraction of sp³-hybridized carbons (Fsp3) is 0.429. The van der Waals surface area contributed by atoms with Crippen LogP contribution in [0.25, 0.3) is 10.6 Å². The molecule has 0 aliphatic heterocycles. The minimum Gasteiger partial charge on any atom is -0.351 e. The van der Waals surface area contributed by atoms with Crippen molar-refractivity contribution in [1.82, 2.24) is 15.1 Å². The van der Waals surface area contributed by atoms with Crippen LogP contribution in [0.4, 0.5) is 0 Å². The van der Waals surface area contributed by atoms with E-state index in [4.69, 9.17) is 0 Å². The number of hydrogen-bond donors (Lipinski definition) is 1. The van der Waals surface area contributed by atoms with Gasteiger partial charge in [-0.25, -0.2) is 0 Å². The van der Waals surface area contributed by atoms with Crippen LogP contribution in [0.3, 0.4) is 0 Å². The number of amides is 1. The molecule has 102 valence electrons.